The predicted octanol–water partition coefficient (Wildman–Crippen LogP) is 2.75. The van der Waals surface area contributed by atoms with Crippen LogP contribution in [-0.4, -0.2) is 29.7 Å². The van der Waals surface area contributed by atoms with E-state index in [9.17, 15) is 22.4 Å². The van der Waals surface area contributed by atoms with Crippen molar-refractivity contribution in [2.45, 2.75) is 38.2 Å². The molecule has 0 aromatic rings. The first-order valence-electron chi connectivity index (χ1n) is 3.87. The lowest BCUT2D eigenvalue weighted by molar-refractivity contribution is -0.196. The van der Waals surface area contributed by atoms with Gasteiger partial charge in [0, 0.05) is 0 Å². The molecule has 0 bridgehead atoms. The average molecular weight is 218 g/mol. The van der Waals surface area contributed by atoms with Crippen LogP contribution in [0.4, 0.5) is 22.4 Å². The quantitative estimate of drug-likeness (QED) is 0.570. The highest BCUT2D eigenvalue weighted by Crippen LogP contribution is 2.31. The predicted molar refractivity (Wildman–Crippen MR) is 38.8 cm³/mol. The van der Waals surface area contributed by atoms with Crippen LogP contribution in [0, 0.1) is 0 Å². The van der Waals surface area contributed by atoms with Crippen molar-refractivity contribution in [1.82, 2.24) is 0 Å². The first-order valence-corrected chi connectivity index (χ1v) is 3.87. The normalized spacial score (nSPS) is 14.1. The smallest absolute Gasteiger partial charge is 0.450 e. The maximum atomic E-state index is 12.6. The number of halogens is 4. The van der Waals surface area contributed by atoms with E-state index in [1.807, 2.05) is 0 Å². The lowest BCUT2D eigenvalue weighted by Crippen LogP contribution is -2.43. The van der Waals surface area contributed by atoms with Crippen LogP contribution >= 0.6 is 0 Å². The van der Waals surface area contributed by atoms with Crippen LogP contribution in [0.25, 0.3) is 0 Å². The Kier molecular flexibility index (Phi) is 4.65. The monoisotopic (exact) mass is 218 g/mol. The summed E-state index contributed by atoms with van der Waals surface area (Å²) in [5, 5.41) is 8.06. The second kappa shape index (κ2) is 5.02. The lowest BCUT2D eigenvalue weighted by atomic mass is 10.1. The van der Waals surface area contributed by atoms with E-state index < -0.39 is 31.0 Å². The summed E-state index contributed by atoms with van der Waals surface area (Å²) in [5.74, 6) is -4.44. The number of carboxylic acid groups (broad SMARTS) is 1. The third kappa shape index (κ3) is 3.39. The molecule has 84 valence electrons. The number of hydrogen-bond donors (Lipinski definition) is 1. The summed E-state index contributed by atoms with van der Waals surface area (Å²) in [6.45, 7) is 1.46. The van der Waals surface area contributed by atoms with Crippen LogP contribution in [-0.2, 0) is 4.74 Å². The molecule has 7 heteroatoms. The fraction of sp³-hybridized carbons (Fsp3) is 0.857. The molecule has 0 rings (SSSR count). The highest BCUT2D eigenvalue weighted by atomic mass is 19.3. The molecule has 0 heterocycles. The molecule has 3 nitrogen and oxygen atoms in total. The Balaban J connectivity index is 4.53. The summed E-state index contributed by atoms with van der Waals surface area (Å²) in [6.07, 6.45) is -8.52. The summed E-state index contributed by atoms with van der Waals surface area (Å²) >= 11 is 0. The third-order valence-electron chi connectivity index (χ3n) is 1.51. The SMILES string of the molecule is CCCC(OC(=O)O)C(F)(F)C(F)F. The van der Waals surface area contributed by atoms with Gasteiger partial charge in [-0.1, -0.05) is 13.3 Å². The van der Waals surface area contributed by atoms with Crippen molar-refractivity contribution in [3.63, 3.8) is 0 Å². The summed E-state index contributed by atoms with van der Waals surface area (Å²) in [7, 11) is 0. The van der Waals surface area contributed by atoms with Gasteiger partial charge >= 0.3 is 18.5 Å². The van der Waals surface area contributed by atoms with Crippen molar-refractivity contribution >= 4 is 6.16 Å². The minimum atomic E-state index is -4.44. The van der Waals surface area contributed by atoms with Crippen LogP contribution in [0.2, 0.25) is 0 Å². The van der Waals surface area contributed by atoms with E-state index >= 15 is 0 Å². The second-order valence-electron chi connectivity index (χ2n) is 2.64. The number of rotatable bonds is 5. The lowest BCUT2D eigenvalue weighted by Gasteiger charge is -2.24. The molecule has 0 aromatic heterocycles. The first kappa shape index (κ1) is 13.0. The Hall–Kier alpha value is -1.01. The maximum Gasteiger partial charge on any atom is 0.506 e. The van der Waals surface area contributed by atoms with Gasteiger partial charge in [0.1, 0.15) is 0 Å². The maximum absolute atomic E-state index is 12.6. The Morgan fingerprint density at radius 1 is 1.50 bits per heavy atom. The van der Waals surface area contributed by atoms with Crippen molar-refractivity contribution in [3.05, 3.63) is 0 Å². The molecule has 0 saturated carbocycles. The van der Waals surface area contributed by atoms with Crippen LogP contribution in [0.15, 0.2) is 0 Å². The summed E-state index contributed by atoms with van der Waals surface area (Å²) in [6, 6.07) is 0. The molecule has 1 atom stereocenters. The van der Waals surface area contributed by atoms with E-state index in [2.05, 4.69) is 4.74 Å². The Bertz CT molecular complexity index is 195. The number of hydrogen-bond acceptors (Lipinski definition) is 2. The van der Waals surface area contributed by atoms with Gasteiger partial charge in [-0.2, -0.15) is 8.78 Å². The number of ether oxygens (including phenoxy) is 1. The molecule has 0 aromatic carbocycles. The van der Waals surface area contributed by atoms with Crippen molar-refractivity contribution < 1.29 is 32.2 Å². The van der Waals surface area contributed by atoms with Crippen molar-refractivity contribution in [3.8, 4) is 0 Å². The minimum absolute atomic E-state index is 0.125. The van der Waals surface area contributed by atoms with Gasteiger partial charge in [0.2, 0.25) is 0 Å². The van der Waals surface area contributed by atoms with Crippen LogP contribution in [0.3, 0.4) is 0 Å². The highest BCUT2D eigenvalue weighted by Gasteiger charge is 2.50. The zero-order valence-electron chi connectivity index (χ0n) is 7.34. The van der Waals surface area contributed by atoms with E-state index in [0.717, 1.165) is 0 Å². The fourth-order valence-electron chi connectivity index (χ4n) is 0.854. The molecule has 0 saturated heterocycles. The molecule has 0 radical (unpaired) electrons. The molecule has 0 spiro atoms. The van der Waals surface area contributed by atoms with E-state index in [1.165, 1.54) is 6.92 Å². The molecular formula is C7H10F4O3. The molecule has 0 aliphatic rings. The number of carbonyl (C=O) groups is 1. The first-order chi connectivity index (χ1) is 6.32. The molecule has 0 aliphatic carbocycles. The highest BCUT2D eigenvalue weighted by molar-refractivity contribution is 5.57. The third-order valence-corrected chi connectivity index (χ3v) is 1.51. The molecule has 1 unspecified atom stereocenters. The topological polar surface area (TPSA) is 46.5 Å². The van der Waals surface area contributed by atoms with Gasteiger partial charge in [-0.25, -0.2) is 13.6 Å². The van der Waals surface area contributed by atoms with Gasteiger partial charge in [0.05, 0.1) is 0 Å². The number of alkyl halides is 4. The zero-order valence-corrected chi connectivity index (χ0v) is 7.34. The van der Waals surface area contributed by atoms with Gasteiger partial charge in [0.25, 0.3) is 0 Å². The molecular weight excluding hydrogens is 208 g/mol. The largest absolute Gasteiger partial charge is 0.506 e. The molecule has 1 N–H and O–H groups in total. The van der Waals surface area contributed by atoms with Gasteiger partial charge < -0.3 is 9.84 Å². The summed E-state index contributed by atoms with van der Waals surface area (Å²) in [4.78, 5) is 9.95. The summed E-state index contributed by atoms with van der Waals surface area (Å²) < 4.78 is 52.6. The standard InChI is InChI=1S/C7H10F4O3/c1-2-3-4(14-6(12)13)7(10,11)5(8)9/h4-5H,2-3H2,1H3,(H,12,13). The Morgan fingerprint density at radius 3 is 2.29 bits per heavy atom. The van der Waals surface area contributed by atoms with Crippen LogP contribution in [0.5, 0.6) is 0 Å². The minimum Gasteiger partial charge on any atom is -0.450 e. The molecule has 0 aliphatic heterocycles. The van der Waals surface area contributed by atoms with Crippen molar-refractivity contribution in [1.29, 1.82) is 0 Å². The van der Waals surface area contributed by atoms with Gasteiger partial charge in [-0.05, 0) is 6.42 Å². The van der Waals surface area contributed by atoms with Gasteiger partial charge in [0.15, 0.2) is 6.10 Å². The Labute approximate surface area is 77.7 Å². The van der Waals surface area contributed by atoms with Crippen LogP contribution in [0.1, 0.15) is 19.8 Å². The molecule has 0 amide bonds. The van der Waals surface area contributed by atoms with Gasteiger partial charge in [-0.15, -0.1) is 0 Å². The zero-order chi connectivity index (χ0) is 11.4. The van der Waals surface area contributed by atoms with E-state index in [0.29, 0.717) is 0 Å². The van der Waals surface area contributed by atoms with Crippen molar-refractivity contribution in [2.75, 3.05) is 0 Å². The molecule has 14 heavy (non-hydrogen) atoms. The summed E-state index contributed by atoms with van der Waals surface area (Å²) in [5.41, 5.74) is 0. The fourth-order valence-corrected chi connectivity index (χ4v) is 0.854. The van der Waals surface area contributed by atoms with E-state index in [-0.39, 0.29) is 6.42 Å². The Morgan fingerprint density at radius 2 is 2.00 bits per heavy atom. The van der Waals surface area contributed by atoms with E-state index in [4.69, 9.17) is 5.11 Å². The second-order valence-corrected chi connectivity index (χ2v) is 2.64. The van der Waals surface area contributed by atoms with Gasteiger partial charge in [-0.3, -0.25) is 0 Å². The van der Waals surface area contributed by atoms with Crippen molar-refractivity contribution in [2.24, 2.45) is 0 Å². The van der Waals surface area contributed by atoms with E-state index in [1.54, 1.807) is 0 Å². The van der Waals surface area contributed by atoms with Crippen LogP contribution < -0.4 is 0 Å². The average Bonchev–Trinajstić information content (AvgIpc) is 2.02. The molecule has 0 fully saturated rings.